The number of amides is 1. The lowest BCUT2D eigenvalue weighted by molar-refractivity contribution is -0.119. The molecule has 1 unspecified atom stereocenters. The molecule has 136 valence electrons. The fourth-order valence-corrected chi connectivity index (χ4v) is 4.43. The summed E-state index contributed by atoms with van der Waals surface area (Å²) in [5.74, 6) is -0.894. The number of aromatic nitrogens is 2. The van der Waals surface area contributed by atoms with E-state index < -0.39 is 21.5 Å². The van der Waals surface area contributed by atoms with Crippen molar-refractivity contribution in [2.75, 3.05) is 11.5 Å². The molecule has 2 aromatic rings. The molecule has 2 aromatic heterocycles. The van der Waals surface area contributed by atoms with Gasteiger partial charge in [0.05, 0.1) is 17.5 Å². The Kier molecular flexibility index (Phi) is 7.07. The van der Waals surface area contributed by atoms with Gasteiger partial charge in [-0.3, -0.25) is 9.78 Å². The molecule has 0 saturated carbocycles. The summed E-state index contributed by atoms with van der Waals surface area (Å²) in [7, 11) is -3.36. The number of carbonyl (C=O) groups excluding carboxylic acids is 1. The third kappa shape index (κ3) is 6.21. The van der Waals surface area contributed by atoms with Gasteiger partial charge in [-0.25, -0.2) is 13.4 Å². The number of nitrogens with zero attached hydrogens (tertiary/aromatic N) is 2. The monoisotopic (exact) mass is 381 g/mol. The van der Waals surface area contributed by atoms with Gasteiger partial charge in [-0.15, -0.1) is 11.3 Å². The molecule has 0 aliphatic heterocycles. The first-order chi connectivity index (χ1) is 11.9. The lowest BCUT2D eigenvalue weighted by atomic mass is 10.2. The summed E-state index contributed by atoms with van der Waals surface area (Å²) in [6.07, 6.45) is 5.82. The summed E-state index contributed by atoms with van der Waals surface area (Å²) in [5.41, 5.74) is 1.70. The van der Waals surface area contributed by atoms with Gasteiger partial charge >= 0.3 is 0 Å². The van der Waals surface area contributed by atoms with Crippen LogP contribution in [0.1, 0.15) is 44.2 Å². The summed E-state index contributed by atoms with van der Waals surface area (Å²) >= 11 is 1.43. The number of sulfone groups is 1. The predicted molar refractivity (Wildman–Crippen MR) is 100 cm³/mol. The maximum Gasteiger partial charge on any atom is 0.235 e. The number of hydrogen-bond acceptors (Lipinski definition) is 6. The van der Waals surface area contributed by atoms with Crippen LogP contribution in [0.15, 0.2) is 29.9 Å². The molecule has 1 atom stereocenters. The second-order valence-electron chi connectivity index (χ2n) is 5.90. The molecule has 25 heavy (non-hydrogen) atoms. The van der Waals surface area contributed by atoms with Crippen LogP contribution in [0.4, 0.5) is 0 Å². The fourth-order valence-electron chi connectivity index (χ4n) is 2.32. The van der Waals surface area contributed by atoms with Crippen molar-refractivity contribution in [1.29, 1.82) is 0 Å². The van der Waals surface area contributed by atoms with Gasteiger partial charge < -0.3 is 5.32 Å². The van der Waals surface area contributed by atoms with Crippen LogP contribution in [0.5, 0.6) is 0 Å². The Balaban J connectivity index is 1.92. The Labute approximate surface area is 152 Å². The minimum Gasteiger partial charge on any atom is -0.346 e. The highest BCUT2D eigenvalue weighted by Crippen LogP contribution is 2.24. The van der Waals surface area contributed by atoms with Gasteiger partial charge in [-0.1, -0.05) is 19.8 Å². The highest BCUT2D eigenvalue weighted by molar-refractivity contribution is 7.92. The summed E-state index contributed by atoms with van der Waals surface area (Å²) in [4.78, 5) is 20.6. The van der Waals surface area contributed by atoms with E-state index in [1.165, 1.54) is 11.3 Å². The molecule has 2 rings (SSSR count). The van der Waals surface area contributed by atoms with Crippen LogP contribution in [0.3, 0.4) is 0 Å². The van der Waals surface area contributed by atoms with Crippen LogP contribution >= 0.6 is 11.3 Å². The van der Waals surface area contributed by atoms with E-state index in [9.17, 15) is 13.2 Å². The van der Waals surface area contributed by atoms with Gasteiger partial charge in [0, 0.05) is 23.3 Å². The van der Waals surface area contributed by atoms with Crippen molar-refractivity contribution in [1.82, 2.24) is 15.3 Å². The normalized spacial score (nSPS) is 12.7. The van der Waals surface area contributed by atoms with Gasteiger partial charge in [0.25, 0.3) is 0 Å². The van der Waals surface area contributed by atoms with E-state index in [0.29, 0.717) is 6.42 Å². The Bertz CT molecular complexity index is 788. The molecular weight excluding hydrogens is 358 g/mol. The molecule has 0 aliphatic carbocycles. The number of unbranched alkanes of at least 4 members (excludes halogenated alkanes) is 2. The second kappa shape index (κ2) is 9.05. The zero-order valence-electron chi connectivity index (χ0n) is 14.4. The van der Waals surface area contributed by atoms with E-state index >= 15 is 0 Å². The maximum absolute atomic E-state index is 12.0. The third-order valence-corrected chi connectivity index (χ3v) is 6.28. The predicted octanol–water partition coefficient (Wildman–Crippen LogP) is 2.99. The molecule has 0 fully saturated rings. The molecule has 1 amide bonds. The summed E-state index contributed by atoms with van der Waals surface area (Å²) in [5, 5.41) is 5.35. The first-order valence-corrected chi connectivity index (χ1v) is 11.0. The SMILES string of the molecule is CCCCCS(=O)(=O)CC(=O)NC(C)c1nc(-c2cccnc2)cs1. The number of thiazole rings is 1. The molecule has 0 saturated heterocycles. The molecule has 6 nitrogen and oxygen atoms in total. The number of rotatable bonds is 9. The third-order valence-electron chi connectivity index (χ3n) is 3.64. The van der Waals surface area contributed by atoms with Crippen LogP contribution < -0.4 is 5.32 Å². The van der Waals surface area contributed by atoms with E-state index in [4.69, 9.17) is 0 Å². The lowest BCUT2D eigenvalue weighted by Crippen LogP contribution is -2.33. The molecule has 0 bridgehead atoms. The van der Waals surface area contributed by atoms with Crippen LogP contribution in [0.2, 0.25) is 0 Å². The van der Waals surface area contributed by atoms with Gasteiger partial charge in [0.15, 0.2) is 9.84 Å². The van der Waals surface area contributed by atoms with Crippen molar-refractivity contribution in [3.8, 4) is 11.3 Å². The molecule has 0 aromatic carbocycles. The van der Waals surface area contributed by atoms with Crippen molar-refractivity contribution in [2.45, 2.75) is 39.2 Å². The van der Waals surface area contributed by atoms with Crippen LogP contribution in [-0.2, 0) is 14.6 Å². The van der Waals surface area contributed by atoms with Crippen LogP contribution in [0.25, 0.3) is 11.3 Å². The maximum atomic E-state index is 12.0. The Morgan fingerprint density at radius 2 is 2.16 bits per heavy atom. The van der Waals surface area contributed by atoms with Crippen molar-refractivity contribution in [3.63, 3.8) is 0 Å². The van der Waals surface area contributed by atoms with E-state index in [2.05, 4.69) is 15.3 Å². The van der Waals surface area contributed by atoms with Gasteiger partial charge in [-0.2, -0.15) is 0 Å². The number of nitrogens with one attached hydrogen (secondary N) is 1. The second-order valence-corrected chi connectivity index (χ2v) is 8.97. The standard InChI is InChI=1S/C17H23N3O3S2/c1-3-4-5-9-25(22,23)12-16(21)19-13(2)17-20-15(11-24-17)14-7-6-8-18-10-14/h6-8,10-11,13H,3-5,9,12H2,1-2H3,(H,19,21). The van der Waals surface area contributed by atoms with Gasteiger partial charge in [0.2, 0.25) is 5.91 Å². The van der Waals surface area contributed by atoms with Crippen molar-refractivity contribution >= 4 is 27.1 Å². The number of carbonyl (C=O) groups is 1. The quantitative estimate of drug-likeness (QED) is 0.675. The topological polar surface area (TPSA) is 89.0 Å². The molecule has 0 aliphatic rings. The Hall–Kier alpha value is -1.80. The minimum absolute atomic E-state index is 0.0606. The summed E-state index contributed by atoms with van der Waals surface area (Å²) in [6.45, 7) is 3.81. The molecule has 8 heteroatoms. The Morgan fingerprint density at radius 3 is 2.84 bits per heavy atom. The smallest absolute Gasteiger partial charge is 0.235 e. The van der Waals surface area contributed by atoms with Crippen molar-refractivity contribution < 1.29 is 13.2 Å². The van der Waals surface area contributed by atoms with Crippen molar-refractivity contribution in [3.05, 3.63) is 34.9 Å². The molecule has 1 N–H and O–H groups in total. The lowest BCUT2D eigenvalue weighted by Gasteiger charge is -2.11. The molecular formula is C17H23N3O3S2. The van der Waals surface area contributed by atoms with E-state index in [1.54, 1.807) is 19.3 Å². The van der Waals surface area contributed by atoms with E-state index in [0.717, 1.165) is 29.1 Å². The average Bonchev–Trinajstić information content (AvgIpc) is 3.05. The van der Waals surface area contributed by atoms with Gasteiger partial charge in [-0.05, 0) is 25.5 Å². The zero-order chi connectivity index (χ0) is 18.3. The van der Waals surface area contributed by atoms with Crippen LogP contribution in [-0.4, -0.2) is 35.8 Å². The molecule has 0 radical (unpaired) electrons. The van der Waals surface area contributed by atoms with E-state index in [1.807, 2.05) is 24.4 Å². The first kappa shape index (κ1) is 19.5. The minimum atomic E-state index is -3.36. The van der Waals surface area contributed by atoms with Crippen LogP contribution in [0, 0.1) is 0 Å². The Morgan fingerprint density at radius 1 is 1.36 bits per heavy atom. The number of hydrogen-bond donors (Lipinski definition) is 1. The fraction of sp³-hybridized carbons (Fsp3) is 0.471. The summed E-state index contributed by atoms with van der Waals surface area (Å²) < 4.78 is 23.9. The van der Waals surface area contributed by atoms with Crippen molar-refractivity contribution in [2.24, 2.45) is 0 Å². The summed E-state index contributed by atoms with van der Waals surface area (Å²) in [6, 6.07) is 3.41. The van der Waals surface area contributed by atoms with Gasteiger partial charge in [0.1, 0.15) is 10.8 Å². The molecule has 0 spiro atoms. The highest BCUT2D eigenvalue weighted by Gasteiger charge is 2.19. The van der Waals surface area contributed by atoms with E-state index in [-0.39, 0.29) is 11.8 Å². The number of pyridine rings is 1. The largest absolute Gasteiger partial charge is 0.346 e. The highest BCUT2D eigenvalue weighted by atomic mass is 32.2. The molecule has 2 heterocycles. The zero-order valence-corrected chi connectivity index (χ0v) is 16.1. The average molecular weight is 382 g/mol. The first-order valence-electron chi connectivity index (χ1n) is 8.27.